The quantitative estimate of drug-likeness (QED) is 0.852. The first-order valence-corrected chi connectivity index (χ1v) is 6.99. The van der Waals surface area contributed by atoms with E-state index in [4.69, 9.17) is 4.74 Å². The third-order valence-electron chi connectivity index (χ3n) is 3.14. The molecule has 0 amide bonds. The molecule has 0 bridgehead atoms. The molecule has 0 spiro atoms. The number of hydrogen-bond acceptors (Lipinski definition) is 3. The summed E-state index contributed by atoms with van der Waals surface area (Å²) >= 11 is 0. The highest BCUT2D eigenvalue weighted by Crippen LogP contribution is 2.24. The van der Waals surface area contributed by atoms with Gasteiger partial charge < -0.3 is 15.2 Å². The zero-order valence-corrected chi connectivity index (χ0v) is 12.3. The topological polar surface area (TPSA) is 41.5 Å². The minimum absolute atomic E-state index is 0.0921. The molecular weight excluding hydrogens is 269 g/mol. The molecule has 0 aliphatic carbocycles. The maximum Gasteiger partial charge on any atom is 0.125 e. The van der Waals surface area contributed by atoms with Crippen molar-refractivity contribution in [2.75, 3.05) is 18.5 Å². The van der Waals surface area contributed by atoms with Crippen molar-refractivity contribution < 1.29 is 14.2 Å². The van der Waals surface area contributed by atoms with Crippen LogP contribution in [0.1, 0.15) is 24.1 Å². The van der Waals surface area contributed by atoms with Gasteiger partial charge in [-0.05, 0) is 55.3 Å². The molecule has 0 aliphatic heterocycles. The van der Waals surface area contributed by atoms with Crippen molar-refractivity contribution in [2.45, 2.75) is 19.9 Å². The number of aliphatic hydroxyl groups excluding tert-OH is 1. The van der Waals surface area contributed by atoms with E-state index in [2.05, 4.69) is 5.32 Å². The lowest BCUT2D eigenvalue weighted by molar-refractivity contribution is 0.275. The lowest BCUT2D eigenvalue weighted by Gasteiger charge is -2.19. The Balaban J connectivity index is 2.21. The van der Waals surface area contributed by atoms with Crippen molar-refractivity contribution in [3.63, 3.8) is 0 Å². The van der Waals surface area contributed by atoms with Gasteiger partial charge in [-0.2, -0.15) is 0 Å². The highest BCUT2D eigenvalue weighted by molar-refractivity contribution is 5.48. The Hall–Kier alpha value is -2.07. The molecule has 112 valence electrons. The number of aryl methyl sites for hydroxylation is 1. The van der Waals surface area contributed by atoms with Crippen LogP contribution in [-0.4, -0.2) is 18.3 Å². The second-order valence-corrected chi connectivity index (χ2v) is 4.90. The second kappa shape index (κ2) is 7.09. The van der Waals surface area contributed by atoms with Crippen molar-refractivity contribution in [1.82, 2.24) is 0 Å². The van der Waals surface area contributed by atoms with E-state index in [9.17, 15) is 9.50 Å². The first-order valence-electron chi connectivity index (χ1n) is 6.99. The molecule has 2 rings (SSSR count). The first-order chi connectivity index (χ1) is 10.1. The van der Waals surface area contributed by atoms with Crippen molar-refractivity contribution in [1.29, 1.82) is 0 Å². The molecule has 4 heteroatoms. The summed E-state index contributed by atoms with van der Waals surface area (Å²) in [4.78, 5) is 0. The molecule has 2 aromatic rings. The fraction of sp³-hybridized carbons (Fsp3) is 0.294. The van der Waals surface area contributed by atoms with Crippen LogP contribution in [0.25, 0.3) is 0 Å². The van der Waals surface area contributed by atoms with Crippen molar-refractivity contribution in [3.8, 4) is 5.75 Å². The van der Waals surface area contributed by atoms with Crippen LogP contribution in [0.5, 0.6) is 5.75 Å². The molecule has 0 heterocycles. The van der Waals surface area contributed by atoms with Gasteiger partial charge in [0.25, 0.3) is 0 Å². The molecule has 1 unspecified atom stereocenters. The van der Waals surface area contributed by atoms with E-state index in [0.29, 0.717) is 12.3 Å². The smallest absolute Gasteiger partial charge is 0.125 e. The monoisotopic (exact) mass is 289 g/mol. The van der Waals surface area contributed by atoms with Gasteiger partial charge in [-0.3, -0.25) is 0 Å². The number of benzene rings is 2. The zero-order chi connectivity index (χ0) is 15.2. The maximum atomic E-state index is 13.4. The van der Waals surface area contributed by atoms with E-state index in [1.165, 1.54) is 12.1 Å². The molecule has 1 atom stereocenters. The third-order valence-corrected chi connectivity index (χ3v) is 3.14. The fourth-order valence-corrected chi connectivity index (χ4v) is 2.24. The SMILES string of the molecule is CCOc1cccc(C(CO)Nc2cc(C)cc(F)c2)c1. The predicted molar refractivity (Wildman–Crippen MR) is 82.2 cm³/mol. The Bertz CT molecular complexity index is 581. The average molecular weight is 289 g/mol. The molecule has 0 aliphatic rings. The number of ether oxygens (including phenoxy) is 1. The van der Waals surface area contributed by atoms with Crippen LogP contribution >= 0.6 is 0 Å². The van der Waals surface area contributed by atoms with Gasteiger partial charge in [0.15, 0.2) is 0 Å². The number of hydrogen-bond donors (Lipinski definition) is 2. The Kier molecular flexibility index (Phi) is 5.17. The van der Waals surface area contributed by atoms with E-state index in [0.717, 1.165) is 16.9 Å². The molecule has 21 heavy (non-hydrogen) atoms. The van der Waals surface area contributed by atoms with E-state index >= 15 is 0 Å². The molecule has 0 saturated heterocycles. The summed E-state index contributed by atoms with van der Waals surface area (Å²) in [5.74, 6) is 0.461. The lowest BCUT2D eigenvalue weighted by atomic mass is 10.1. The van der Waals surface area contributed by atoms with Gasteiger partial charge in [-0.25, -0.2) is 4.39 Å². The van der Waals surface area contributed by atoms with Gasteiger partial charge in [0.05, 0.1) is 19.3 Å². The zero-order valence-electron chi connectivity index (χ0n) is 12.3. The summed E-state index contributed by atoms with van der Waals surface area (Å²) in [6.45, 7) is 4.25. The number of rotatable bonds is 6. The van der Waals surface area contributed by atoms with E-state index in [-0.39, 0.29) is 18.5 Å². The molecule has 3 nitrogen and oxygen atoms in total. The minimum Gasteiger partial charge on any atom is -0.494 e. The molecule has 0 radical (unpaired) electrons. The molecule has 0 fully saturated rings. The van der Waals surface area contributed by atoms with Crippen LogP contribution in [-0.2, 0) is 0 Å². The Morgan fingerprint density at radius 3 is 2.71 bits per heavy atom. The second-order valence-electron chi connectivity index (χ2n) is 4.90. The highest BCUT2D eigenvalue weighted by Gasteiger charge is 2.12. The van der Waals surface area contributed by atoms with E-state index in [1.807, 2.05) is 44.2 Å². The number of anilines is 1. The largest absolute Gasteiger partial charge is 0.494 e. The van der Waals surface area contributed by atoms with Crippen LogP contribution in [0.4, 0.5) is 10.1 Å². The molecule has 0 aromatic heterocycles. The molecular formula is C17H20FNO2. The van der Waals surface area contributed by atoms with Crippen LogP contribution in [0.15, 0.2) is 42.5 Å². The summed E-state index contributed by atoms with van der Waals surface area (Å²) in [6, 6.07) is 11.9. The predicted octanol–water partition coefficient (Wildman–Crippen LogP) is 3.68. The number of aliphatic hydroxyl groups is 1. The van der Waals surface area contributed by atoms with Gasteiger partial charge >= 0.3 is 0 Å². The van der Waals surface area contributed by atoms with E-state index < -0.39 is 0 Å². The standard InChI is InChI=1S/C17H20FNO2/c1-3-21-16-6-4-5-13(9-16)17(11-20)19-15-8-12(2)7-14(18)10-15/h4-10,17,19-20H,3,11H2,1-2H3. The summed E-state index contributed by atoms with van der Waals surface area (Å²) < 4.78 is 18.9. The lowest BCUT2D eigenvalue weighted by Crippen LogP contribution is -2.15. The number of nitrogens with one attached hydrogen (secondary N) is 1. The molecule has 0 saturated carbocycles. The maximum absolute atomic E-state index is 13.4. The summed E-state index contributed by atoms with van der Waals surface area (Å²) in [6.07, 6.45) is 0. The summed E-state index contributed by atoms with van der Waals surface area (Å²) in [7, 11) is 0. The summed E-state index contributed by atoms with van der Waals surface area (Å²) in [5.41, 5.74) is 2.37. The third kappa shape index (κ3) is 4.20. The molecule has 2 N–H and O–H groups in total. The Morgan fingerprint density at radius 2 is 2.05 bits per heavy atom. The van der Waals surface area contributed by atoms with Gasteiger partial charge in [-0.15, -0.1) is 0 Å². The molecule has 2 aromatic carbocycles. The number of halogens is 1. The van der Waals surface area contributed by atoms with Crippen LogP contribution in [0.2, 0.25) is 0 Å². The summed E-state index contributed by atoms with van der Waals surface area (Å²) in [5, 5.41) is 12.8. The van der Waals surface area contributed by atoms with Crippen molar-refractivity contribution in [3.05, 3.63) is 59.4 Å². The van der Waals surface area contributed by atoms with Gasteiger partial charge in [0, 0.05) is 5.69 Å². The van der Waals surface area contributed by atoms with Crippen molar-refractivity contribution >= 4 is 5.69 Å². The van der Waals surface area contributed by atoms with Gasteiger partial charge in [0.2, 0.25) is 0 Å². The first kappa shape index (κ1) is 15.3. The normalized spacial score (nSPS) is 12.0. The Labute approximate surface area is 124 Å². The van der Waals surface area contributed by atoms with E-state index in [1.54, 1.807) is 0 Å². The minimum atomic E-state index is -0.313. The van der Waals surface area contributed by atoms with Crippen LogP contribution in [0, 0.1) is 12.7 Å². The average Bonchev–Trinajstić information content (AvgIpc) is 2.44. The highest BCUT2D eigenvalue weighted by atomic mass is 19.1. The van der Waals surface area contributed by atoms with Crippen LogP contribution < -0.4 is 10.1 Å². The van der Waals surface area contributed by atoms with Crippen LogP contribution in [0.3, 0.4) is 0 Å². The van der Waals surface area contributed by atoms with Crippen molar-refractivity contribution in [2.24, 2.45) is 0 Å². The van der Waals surface area contributed by atoms with Gasteiger partial charge in [0.1, 0.15) is 11.6 Å². The van der Waals surface area contributed by atoms with Gasteiger partial charge in [-0.1, -0.05) is 12.1 Å². The fourth-order valence-electron chi connectivity index (χ4n) is 2.24. The Morgan fingerprint density at radius 1 is 1.24 bits per heavy atom.